The van der Waals surface area contributed by atoms with E-state index in [4.69, 9.17) is 116 Å². The third kappa shape index (κ3) is 3.05. The molecule has 0 amide bonds. The van der Waals surface area contributed by atoms with E-state index in [9.17, 15) is 0 Å². The van der Waals surface area contributed by atoms with Crippen LogP contribution in [-0.4, -0.2) is 17.3 Å². The van der Waals surface area contributed by atoms with Crippen molar-refractivity contribution in [3.63, 3.8) is 0 Å². The lowest BCUT2D eigenvalue weighted by Gasteiger charge is -2.37. The van der Waals surface area contributed by atoms with Crippen LogP contribution in [0.2, 0.25) is 0 Å². The van der Waals surface area contributed by atoms with Crippen molar-refractivity contribution in [1.82, 2.24) is 0 Å². The highest BCUT2D eigenvalue weighted by Crippen LogP contribution is 2.67. The van der Waals surface area contributed by atoms with Crippen LogP contribution < -0.4 is 0 Å². The van der Waals surface area contributed by atoms with Crippen LogP contribution in [0, 0.1) is 0 Å². The lowest BCUT2D eigenvalue weighted by molar-refractivity contribution is 0.546. The summed E-state index contributed by atoms with van der Waals surface area (Å²) in [5.74, 6) is 0. The van der Waals surface area contributed by atoms with Crippen molar-refractivity contribution in [2.24, 2.45) is 0 Å². The summed E-state index contributed by atoms with van der Waals surface area (Å²) in [5.41, 5.74) is 0. The van der Waals surface area contributed by atoms with E-state index >= 15 is 0 Å². The quantitative estimate of drug-likeness (QED) is 0.388. The van der Waals surface area contributed by atoms with Gasteiger partial charge in [-0.1, -0.05) is 104 Å². The summed E-state index contributed by atoms with van der Waals surface area (Å²) in [6, 6.07) is 0. The minimum Gasteiger partial charge on any atom is -0.110 e. The van der Waals surface area contributed by atoms with Crippen molar-refractivity contribution in [3.8, 4) is 0 Å². The van der Waals surface area contributed by atoms with Crippen molar-refractivity contribution >= 4 is 116 Å². The van der Waals surface area contributed by atoms with Crippen LogP contribution in [0.4, 0.5) is 0 Å². The Hall–Kier alpha value is 2.64. The molecule has 0 bridgehead atoms. The van der Waals surface area contributed by atoms with Crippen LogP contribution in [-0.2, 0) is 0 Å². The molecule has 1 rings (SSSR count). The van der Waals surface area contributed by atoms with Gasteiger partial charge in [-0.3, -0.25) is 0 Å². The molecule has 0 aliphatic heterocycles. The van der Waals surface area contributed by atoms with E-state index in [0.29, 0.717) is 0 Å². The Balaban J connectivity index is 3.15. The molecule has 106 valence electrons. The fourth-order valence-electron chi connectivity index (χ4n) is 1.42. The molecular weight excluding hydrogens is 451 g/mol. The van der Waals surface area contributed by atoms with Crippen LogP contribution in [0.5, 0.6) is 0 Å². The highest BCUT2D eigenvalue weighted by molar-refractivity contribution is 6.72. The van der Waals surface area contributed by atoms with E-state index in [2.05, 4.69) is 0 Å². The van der Waals surface area contributed by atoms with E-state index in [1.54, 1.807) is 0 Å². The monoisotopic (exact) mass is 450 g/mol. The van der Waals surface area contributed by atoms with E-state index in [-0.39, 0.29) is 22.9 Å². The zero-order chi connectivity index (χ0) is 14.6. The predicted octanol–water partition coefficient (Wildman–Crippen LogP) is 7.17. The minimum atomic E-state index is -1.87. The van der Waals surface area contributed by atoms with Crippen molar-refractivity contribution in [3.05, 3.63) is 10.1 Å². The number of halogens is 10. The lowest BCUT2D eigenvalue weighted by Crippen LogP contribution is -2.48. The molecule has 10 heteroatoms. The fraction of sp³-hybridized carbons (Fsp3) is 0.750. The highest BCUT2D eigenvalue weighted by Gasteiger charge is 2.69. The summed E-state index contributed by atoms with van der Waals surface area (Å²) in [5, 5.41) is -0.202. The average molecular weight is 455 g/mol. The standard InChI is InChI=1S/C8H4Cl10/c9-3-4(10)7(15,16)8(17,18)5(3,11)1-2-6(12,13)14/h1-2H2. The Morgan fingerprint density at radius 1 is 0.833 bits per heavy atom. The summed E-state index contributed by atoms with van der Waals surface area (Å²) in [4.78, 5) is -1.54. The van der Waals surface area contributed by atoms with Gasteiger partial charge in [0.2, 0.25) is 0 Å². The normalized spacial score (nSPS) is 31.0. The van der Waals surface area contributed by atoms with Gasteiger partial charge in [0.05, 0.1) is 10.1 Å². The van der Waals surface area contributed by atoms with E-state index < -0.39 is 17.3 Å². The van der Waals surface area contributed by atoms with Crippen LogP contribution in [0.15, 0.2) is 10.1 Å². The maximum Gasteiger partial charge on any atom is 0.190 e. The summed E-state index contributed by atoms with van der Waals surface area (Å²) < 4.78 is -5.25. The molecule has 0 aromatic rings. The zero-order valence-electron chi connectivity index (χ0n) is 8.19. The molecule has 0 radical (unpaired) electrons. The van der Waals surface area contributed by atoms with Gasteiger partial charge in [0, 0.05) is 0 Å². The van der Waals surface area contributed by atoms with Gasteiger partial charge in [0.1, 0.15) is 4.87 Å². The van der Waals surface area contributed by atoms with Crippen molar-refractivity contribution in [1.29, 1.82) is 0 Å². The Bertz CT molecular complexity index is 378. The van der Waals surface area contributed by atoms with Crippen molar-refractivity contribution < 1.29 is 0 Å². The second kappa shape index (κ2) is 5.69. The van der Waals surface area contributed by atoms with Crippen LogP contribution in [0.1, 0.15) is 12.8 Å². The minimum absolute atomic E-state index is 0.0221. The molecular formula is C8H4Cl10. The SMILES string of the molecule is ClC1=C(Cl)C(Cl)(CCC(Cl)(Cl)Cl)C(Cl)(Cl)C1(Cl)Cl. The largest absolute Gasteiger partial charge is 0.190 e. The molecule has 0 N–H and O–H groups in total. The lowest BCUT2D eigenvalue weighted by atomic mass is 10.0. The smallest absolute Gasteiger partial charge is 0.110 e. The maximum absolute atomic E-state index is 6.32. The molecule has 0 aromatic carbocycles. The molecule has 0 fully saturated rings. The topological polar surface area (TPSA) is 0 Å². The predicted molar refractivity (Wildman–Crippen MR) is 85.7 cm³/mol. The first-order valence-corrected chi connectivity index (χ1v) is 8.13. The van der Waals surface area contributed by atoms with E-state index in [1.807, 2.05) is 0 Å². The third-order valence-corrected chi connectivity index (χ3v) is 7.80. The maximum atomic E-state index is 6.32. The molecule has 0 nitrogen and oxygen atoms in total. The summed E-state index contributed by atoms with van der Waals surface area (Å²) >= 11 is 59.4. The fourth-order valence-corrected chi connectivity index (χ4v) is 4.23. The summed E-state index contributed by atoms with van der Waals surface area (Å²) in [6.45, 7) is 0. The van der Waals surface area contributed by atoms with Gasteiger partial charge >= 0.3 is 0 Å². The zero-order valence-corrected chi connectivity index (χ0v) is 15.8. The second-order valence-corrected chi connectivity index (χ2v) is 10.3. The average Bonchev–Trinajstić information content (AvgIpc) is 2.28. The Morgan fingerprint density at radius 3 is 1.56 bits per heavy atom. The van der Waals surface area contributed by atoms with Gasteiger partial charge in [-0.05, 0) is 12.8 Å². The first kappa shape index (κ1) is 18.7. The first-order valence-electron chi connectivity index (χ1n) is 4.35. The molecule has 18 heavy (non-hydrogen) atoms. The number of hydrogen-bond donors (Lipinski definition) is 0. The Morgan fingerprint density at radius 2 is 1.28 bits per heavy atom. The van der Waals surface area contributed by atoms with Crippen LogP contribution >= 0.6 is 116 Å². The van der Waals surface area contributed by atoms with Gasteiger partial charge in [0.15, 0.2) is 12.5 Å². The van der Waals surface area contributed by atoms with Gasteiger partial charge < -0.3 is 0 Å². The number of allylic oxidation sites excluding steroid dienone is 2. The first-order chi connectivity index (χ1) is 7.77. The number of hydrogen-bond acceptors (Lipinski definition) is 0. The van der Waals surface area contributed by atoms with Crippen molar-refractivity contribution in [2.75, 3.05) is 0 Å². The number of rotatable bonds is 2. The van der Waals surface area contributed by atoms with Crippen LogP contribution in [0.25, 0.3) is 0 Å². The summed E-state index contributed by atoms with van der Waals surface area (Å²) in [6.07, 6.45) is 0.0565. The van der Waals surface area contributed by atoms with Crippen molar-refractivity contribution in [2.45, 2.75) is 30.2 Å². The van der Waals surface area contributed by atoms with Crippen LogP contribution in [0.3, 0.4) is 0 Å². The number of alkyl halides is 8. The van der Waals surface area contributed by atoms with Gasteiger partial charge in [0.25, 0.3) is 0 Å². The molecule has 1 unspecified atom stereocenters. The molecule has 1 aliphatic carbocycles. The van der Waals surface area contributed by atoms with Gasteiger partial charge in [-0.2, -0.15) is 0 Å². The Labute approximate surface area is 155 Å². The Kier molecular flexibility index (Phi) is 5.90. The molecule has 0 spiro atoms. The van der Waals surface area contributed by atoms with Gasteiger partial charge in [-0.15, -0.1) is 11.6 Å². The molecule has 0 saturated carbocycles. The summed E-state index contributed by atoms with van der Waals surface area (Å²) in [7, 11) is 0. The highest BCUT2D eigenvalue weighted by atomic mass is 35.6. The molecule has 0 heterocycles. The molecule has 0 saturated heterocycles. The molecule has 1 atom stereocenters. The molecule has 0 aromatic heterocycles. The van der Waals surface area contributed by atoms with E-state index in [1.165, 1.54) is 0 Å². The second-order valence-electron chi connectivity index (χ2n) is 3.69. The molecule has 1 aliphatic rings. The van der Waals surface area contributed by atoms with E-state index in [0.717, 1.165) is 0 Å². The van der Waals surface area contributed by atoms with Gasteiger partial charge in [-0.25, -0.2) is 0 Å². The third-order valence-electron chi connectivity index (χ3n) is 2.46.